The van der Waals surface area contributed by atoms with Crippen LogP contribution in [0.4, 0.5) is 13.2 Å². The van der Waals surface area contributed by atoms with Crippen molar-refractivity contribution in [3.05, 3.63) is 35.1 Å². The number of carbonyl (C=O) groups excluding carboxylic acids is 1. The van der Waals surface area contributed by atoms with Gasteiger partial charge in [-0.1, -0.05) is 15.9 Å². The van der Waals surface area contributed by atoms with E-state index in [2.05, 4.69) is 15.9 Å². The number of alkyl halides is 1. The van der Waals surface area contributed by atoms with Crippen LogP contribution in [0.5, 0.6) is 0 Å². The third-order valence-corrected chi connectivity index (χ3v) is 3.15. The van der Waals surface area contributed by atoms with E-state index < -0.39 is 28.9 Å². The Morgan fingerprint density at radius 1 is 1.28 bits per heavy atom. The highest BCUT2D eigenvalue weighted by atomic mass is 79.9. The summed E-state index contributed by atoms with van der Waals surface area (Å²) in [5, 5.41) is 0.527. The minimum atomic E-state index is -1.15. The van der Waals surface area contributed by atoms with Gasteiger partial charge in [-0.05, 0) is 12.8 Å². The molecule has 1 aromatic carbocycles. The zero-order chi connectivity index (χ0) is 13.3. The lowest BCUT2D eigenvalue weighted by Gasteiger charge is -2.21. The smallest absolute Gasteiger partial charge is 0.260 e. The van der Waals surface area contributed by atoms with Crippen molar-refractivity contribution in [2.45, 2.75) is 18.9 Å². The Morgan fingerprint density at radius 2 is 1.83 bits per heavy atom. The number of carbonyl (C=O) groups is 1. The van der Waals surface area contributed by atoms with Crippen molar-refractivity contribution < 1.29 is 18.0 Å². The summed E-state index contributed by atoms with van der Waals surface area (Å²) in [6, 6.07) is 1.09. The number of hydrogen-bond donors (Lipinski definition) is 0. The number of amides is 1. The lowest BCUT2D eigenvalue weighted by Crippen LogP contribution is -2.35. The lowest BCUT2D eigenvalue weighted by molar-refractivity contribution is 0.0744. The lowest BCUT2D eigenvalue weighted by atomic mass is 10.1. The first-order valence-corrected chi connectivity index (χ1v) is 6.68. The average molecular weight is 322 g/mol. The van der Waals surface area contributed by atoms with E-state index in [1.165, 1.54) is 4.90 Å². The standard InChI is InChI=1S/C12H11BrF3NO/c13-3-4-17(8-1-2-8)12(18)11-9(15)5-7(14)6-10(11)16/h5-6,8H,1-4H2. The Bertz CT molecular complexity index is 453. The SMILES string of the molecule is O=C(c1c(F)cc(F)cc1F)N(CCBr)C1CC1. The fraction of sp³-hybridized carbons (Fsp3) is 0.417. The van der Waals surface area contributed by atoms with Crippen LogP contribution in [-0.2, 0) is 0 Å². The predicted octanol–water partition coefficient (Wildman–Crippen LogP) is 3.10. The van der Waals surface area contributed by atoms with Gasteiger partial charge in [0.25, 0.3) is 5.91 Å². The minimum absolute atomic E-state index is 0.0407. The van der Waals surface area contributed by atoms with Crippen molar-refractivity contribution in [1.82, 2.24) is 4.90 Å². The molecule has 0 aromatic heterocycles. The highest BCUT2D eigenvalue weighted by Gasteiger charge is 2.34. The summed E-state index contributed by atoms with van der Waals surface area (Å²) in [5.41, 5.74) is -0.677. The third kappa shape index (κ3) is 2.68. The first kappa shape index (κ1) is 13.4. The molecule has 1 fully saturated rings. The van der Waals surface area contributed by atoms with Crippen LogP contribution in [-0.4, -0.2) is 28.7 Å². The zero-order valence-electron chi connectivity index (χ0n) is 9.43. The topological polar surface area (TPSA) is 20.3 Å². The molecule has 0 atom stereocenters. The van der Waals surface area contributed by atoms with Crippen LogP contribution in [0.2, 0.25) is 0 Å². The number of benzene rings is 1. The van der Waals surface area contributed by atoms with Crippen LogP contribution in [0.3, 0.4) is 0 Å². The summed E-state index contributed by atoms with van der Waals surface area (Å²) in [5.74, 6) is -4.05. The second-order valence-electron chi connectivity index (χ2n) is 4.16. The number of hydrogen-bond acceptors (Lipinski definition) is 1. The number of nitrogens with zero attached hydrogens (tertiary/aromatic N) is 1. The van der Waals surface area contributed by atoms with Gasteiger partial charge < -0.3 is 4.90 Å². The predicted molar refractivity (Wildman–Crippen MR) is 64.2 cm³/mol. The first-order chi connectivity index (χ1) is 8.54. The molecule has 0 N–H and O–H groups in total. The maximum Gasteiger partial charge on any atom is 0.260 e. The molecular weight excluding hydrogens is 311 g/mol. The van der Waals surface area contributed by atoms with Crippen LogP contribution in [0.15, 0.2) is 12.1 Å². The van der Waals surface area contributed by atoms with E-state index in [1.54, 1.807) is 0 Å². The van der Waals surface area contributed by atoms with E-state index in [4.69, 9.17) is 0 Å². The van der Waals surface area contributed by atoms with Gasteiger partial charge in [0.05, 0.1) is 0 Å². The first-order valence-electron chi connectivity index (χ1n) is 5.56. The second kappa shape index (κ2) is 5.30. The Balaban J connectivity index is 2.32. The van der Waals surface area contributed by atoms with Crippen LogP contribution in [0.25, 0.3) is 0 Å². The Kier molecular flexibility index (Phi) is 3.94. The van der Waals surface area contributed by atoms with Crippen molar-refractivity contribution in [3.63, 3.8) is 0 Å². The van der Waals surface area contributed by atoms with Crippen molar-refractivity contribution in [2.24, 2.45) is 0 Å². The Hall–Kier alpha value is -1.04. The molecule has 1 aliphatic rings. The summed E-state index contributed by atoms with van der Waals surface area (Å²) in [6.07, 6.45) is 1.67. The monoisotopic (exact) mass is 321 g/mol. The molecule has 6 heteroatoms. The van der Waals surface area contributed by atoms with Crippen LogP contribution in [0.1, 0.15) is 23.2 Å². The normalized spacial score (nSPS) is 14.7. The Labute approximate surface area is 111 Å². The summed E-state index contributed by atoms with van der Waals surface area (Å²) >= 11 is 3.19. The largest absolute Gasteiger partial charge is 0.335 e. The van der Waals surface area contributed by atoms with Crippen LogP contribution < -0.4 is 0 Å². The summed E-state index contributed by atoms with van der Waals surface area (Å²) in [4.78, 5) is 13.5. The summed E-state index contributed by atoms with van der Waals surface area (Å²) in [6.45, 7) is 0.375. The molecule has 2 rings (SSSR count). The maximum atomic E-state index is 13.5. The quantitative estimate of drug-likeness (QED) is 0.780. The van der Waals surface area contributed by atoms with Gasteiger partial charge in [-0.15, -0.1) is 0 Å². The fourth-order valence-electron chi connectivity index (χ4n) is 1.82. The molecule has 0 bridgehead atoms. The molecule has 1 aliphatic carbocycles. The number of halogens is 4. The summed E-state index contributed by atoms with van der Waals surface area (Å²) < 4.78 is 39.8. The molecule has 0 aliphatic heterocycles. The van der Waals surface area contributed by atoms with Gasteiger partial charge in [-0.3, -0.25) is 4.79 Å². The summed E-state index contributed by atoms with van der Waals surface area (Å²) in [7, 11) is 0. The van der Waals surface area contributed by atoms with E-state index in [-0.39, 0.29) is 6.04 Å². The zero-order valence-corrected chi connectivity index (χ0v) is 11.0. The molecule has 1 saturated carbocycles. The number of rotatable bonds is 4. The van der Waals surface area contributed by atoms with Crippen LogP contribution in [0, 0.1) is 17.5 Å². The van der Waals surface area contributed by atoms with Gasteiger partial charge in [-0.25, -0.2) is 13.2 Å². The van der Waals surface area contributed by atoms with Gasteiger partial charge in [0.1, 0.15) is 23.0 Å². The van der Waals surface area contributed by atoms with E-state index in [1.807, 2.05) is 0 Å². The average Bonchev–Trinajstić information content (AvgIpc) is 3.07. The molecule has 0 heterocycles. The molecule has 0 spiro atoms. The van der Waals surface area contributed by atoms with Gasteiger partial charge in [0.15, 0.2) is 0 Å². The molecule has 1 amide bonds. The molecule has 0 unspecified atom stereocenters. The molecule has 18 heavy (non-hydrogen) atoms. The van der Waals surface area contributed by atoms with Gasteiger partial charge in [0, 0.05) is 30.0 Å². The third-order valence-electron chi connectivity index (χ3n) is 2.79. The van der Waals surface area contributed by atoms with E-state index in [9.17, 15) is 18.0 Å². The molecule has 1 aromatic rings. The fourth-order valence-corrected chi connectivity index (χ4v) is 2.20. The maximum absolute atomic E-state index is 13.5. The second-order valence-corrected chi connectivity index (χ2v) is 4.96. The molecule has 98 valence electrons. The van der Waals surface area contributed by atoms with Gasteiger partial charge in [0.2, 0.25) is 0 Å². The highest BCUT2D eigenvalue weighted by Crippen LogP contribution is 2.29. The van der Waals surface area contributed by atoms with Crippen molar-refractivity contribution in [2.75, 3.05) is 11.9 Å². The van der Waals surface area contributed by atoms with Crippen molar-refractivity contribution >= 4 is 21.8 Å². The molecule has 2 nitrogen and oxygen atoms in total. The molecule has 0 saturated heterocycles. The molecular formula is C12H11BrF3NO. The van der Waals surface area contributed by atoms with Crippen molar-refractivity contribution in [3.8, 4) is 0 Å². The Morgan fingerprint density at radius 3 is 2.28 bits per heavy atom. The van der Waals surface area contributed by atoms with Crippen molar-refractivity contribution in [1.29, 1.82) is 0 Å². The van der Waals surface area contributed by atoms with Gasteiger partial charge >= 0.3 is 0 Å². The van der Waals surface area contributed by atoms with E-state index >= 15 is 0 Å². The highest BCUT2D eigenvalue weighted by molar-refractivity contribution is 9.09. The van der Waals surface area contributed by atoms with E-state index in [0.717, 1.165) is 12.8 Å². The molecule has 0 radical (unpaired) electrons. The van der Waals surface area contributed by atoms with Crippen LogP contribution >= 0.6 is 15.9 Å². The van der Waals surface area contributed by atoms with Gasteiger partial charge in [-0.2, -0.15) is 0 Å². The van der Waals surface area contributed by atoms with E-state index in [0.29, 0.717) is 24.0 Å². The minimum Gasteiger partial charge on any atom is -0.335 e.